The zero-order chi connectivity index (χ0) is 12.5. The lowest BCUT2D eigenvalue weighted by molar-refractivity contribution is 0.0599. The van der Waals surface area contributed by atoms with Crippen molar-refractivity contribution >= 4 is 5.91 Å². The lowest BCUT2D eigenvalue weighted by Crippen LogP contribution is -2.57. The smallest absolute Gasteiger partial charge is 0.254 e. The monoisotopic (exact) mass is 244 g/mol. The molecule has 3 heteroatoms. The molecular formula is C15H20N2O. The Hall–Kier alpha value is -1.35. The molecule has 2 atom stereocenters. The van der Waals surface area contributed by atoms with E-state index in [2.05, 4.69) is 10.2 Å². The average Bonchev–Trinajstić information content (AvgIpc) is 2.87. The van der Waals surface area contributed by atoms with E-state index in [4.69, 9.17) is 0 Å². The average molecular weight is 244 g/mol. The number of nitrogens with zero attached hydrogens (tertiary/aromatic N) is 1. The van der Waals surface area contributed by atoms with Crippen LogP contribution >= 0.6 is 0 Å². The molecule has 1 aliphatic heterocycles. The topological polar surface area (TPSA) is 32.3 Å². The minimum atomic E-state index is 0.202. The molecule has 1 N–H and O–H groups in total. The number of carbonyl (C=O) groups is 1. The summed E-state index contributed by atoms with van der Waals surface area (Å²) in [6.07, 6.45) is 3.59. The van der Waals surface area contributed by atoms with Crippen LogP contribution in [-0.4, -0.2) is 36.0 Å². The third kappa shape index (κ3) is 2.03. The highest BCUT2D eigenvalue weighted by molar-refractivity contribution is 5.94. The first kappa shape index (κ1) is 11.7. The van der Waals surface area contributed by atoms with Crippen LogP contribution in [0.25, 0.3) is 0 Å². The summed E-state index contributed by atoms with van der Waals surface area (Å²) in [6.45, 7) is 3.82. The Bertz CT molecular complexity index is 440. The molecule has 2 unspecified atom stereocenters. The van der Waals surface area contributed by atoms with Gasteiger partial charge in [0, 0.05) is 30.7 Å². The fourth-order valence-corrected chi connectivity index (χ4v) is 3.20. The van der Waals surface area contributed by atoms with Crippen LogP contribution in [0.1, 0.15) is 35.2 Å². The van der Waals surface area contributed by atoms with Gasteiger partial charge >= 0.3 is 0 Å². The standard InChI is InChI=1S/C15H20N2O/c1-11-5-7-12(8-6-11)15(18)17-10-9-16-13-3-2-4-14(13)17/h5-8,13-14,16H,2-4,9-10H2,1H3. The second-order valence-electron chi connectivity index (χ2n) is 5.42. The maximum Gasteiger partial charge on any atom is 0.254 e. The quantitative estimate of drug-likeness (QED) is 0.819. The van der Waals surface area contributed by atoms with Gasteiger partial charge in [-0.25, -0.2) is 0 Å². The third-order valence-electron chi connectivity index (χ3n) is 4.20. The van der Waals surface area contributed by atoms with E-state index >= 15 is 0 Å². The zero-order valence-corrected chi connectivity index (χ0v) is 10.9. The molecule has 1 amide bonds. The number of fused-ring (bicyclic) bond motifs is 1. The van der Waals surface area contributed by atoms with Crippen molar-refractivity contribution in [1.29, 1.82) is 0 Å². The summed E-state index contributed by atoms with van der Waals surface area (Å²) in [5.74, 6) is 0.202. The highest BCUT2D eigenvalue weighted by atomic mass is 16.2. The molecule has 2 aliphatic rings. The van der Waals surface area contributed by atoms with Crippen LogP contribution in [0.5, 0.6) is 0 Å². The van der Waals surface area contributed by atoms with Gasteiger partial charge in [0.2, 0.25) is 0 Å². The molecule has 0 radical (unpaired) electrons. The second-order valence-corrected chi connectivity index (χ2v) is 5.42. The van der Waals surface area contributed by atoms with Crippen LogP contribution in [0.4, 0.5) is 0 Å². The summed E-state index contributed by atoms with van der Waals surface area (Å²) >= 11 is 0. The molecule has 96 valence electrons. The third-order valence-corrected chi connectivity index (χ3v) is 4.20. The van der Waals surface area contributed by atoms with Gasteiger partial charge in [-0.15, -0.1) is 0 Å². The highest BCUT2D eigenvalue weighted by Crippen LogP contribution is 2.27. The van der Waals surface area contributed by atoms with Crippen molar-refractivity contribution in [1.82, 2.24) is 10.2 Å². The fraction of sp³-hybridized carbons (Fsp3) is 0.533. The molecule has 2 fully saturated rings. The van der Waals surface area contributed by atoms with Gasteiger partial charge < -0.3 is 10.2 Å². The van der Waals surface area contributed by atoms with E-state index in [0.717, 1.165) is 25.1 Å². The van der Waals surface area contributed by atoms with Crippen molar-refractivity contribution in [3.63, 3.8) is 0 Å². The van der Waals surface area contributed by atoms with E-state index in [9.17, 15) is 4.79 Å². The van der Waals surface area contributed by atoms with Crippen molar-refractivity contribution in [3.8, 4) is 0 Å². The number of benzene rings is 1. The molecule has 18 heavy (non-hydrogen) atoms. The van der Waals surface area contributed by atoms with Crippen molar-refractivity contribution in [2.75, 3.05) is 13.1 Å². The SMILES string of the molecule is Cc1ccc(C(=O)N2CCNC3CCCC32)cc1. The molecule has 3 nitrogen and oxygen atoms in total. The van der Waals surface area contributed by atoms with Crippen molar-refractivity contribution in [2.45, 2.75) is 38.3 Å². The maximum absolute atomic E-state index is 12.6. The molecule has 1 aromatic rings. The van der Waals surface area contributed by atoms with Crippen molar-refractivity contribution < 1.29 is 4.79 Å². The van der Waals surface area contributed by atoms with Crippen LogP contribution < -0.4 is 5.32 Å². The van der Waals surface area contributed by atoms with Crippen molar-refractivity contribution in [2.24, 2.45) is 0 Å². The van der Waals surface area contributed by atoms with Gasteiger partial charge in [-0.3, -0.25) is 4.79 Å². The Kier molecular flexibility index (Phi) is 3.08. The number of hydrogen-bond donors (Lipinski definition) is 1. The minimum Gasteiger partial charge on any atom is -0.333 e. The first-order valence-electron chi connectivity index (χ1n) is 6.87. The van der Waals surface area contributed by atoms with Crippen LogP contribution in [0.15, 0.2) is 24.3 Å². The largest absolute Gasteiger partial charge is 0.333 e. The van der Waals surface area contributed by atoms with Gasteiger partial charge in [-0.2, -0.15) is 0 Å². The van der Waals surface area contributed by atoms with Gasteiger partial charge in [0.15, 0.2) is 0 Å². The number of rotatable bonds is 1. The molecule has 1 saturated carbocycles. The van der Waals surface area contributed by atoms with Crippen LogP contribution in [0.3, 0.4) is 0 Å². The molecule has 1 saturated heterocycles. The number of amides is 1. The first-order valence-corrected chi connectivity index (χ1v) is 6.87. The number of carbonyl (C=O) groups excluding carboxylic acids is 1. The summed E-state index contributed by atoms with van der Waals surface area (Å²) in [5.41, 5.74) is 2.03. The fourth-order valence-electron chi connectivity index (χ4n) is 3.20. The normalized spacial score (nSPS) is 27.1. The summed E-state index contributed by atoms with van der Waals surface area (Å²) in [4.78, 5) is 14.6. The Morgan fingerprint density at radius 2 is 2.06 bits per heavy atom. The van der Waals surface area contributed by atoms with Gasteiger partial charge in [0.1, 0.15) is 0 Å². The Balaban J connectivity index is 1.81. The van der Waals surface area contributed by atoms with Crippen LogP contribution in [0.2, 0.25) is 0 Å². The molecule has 0 aromatic heterocycles. The van der Waals surface area contributed by atoms with E-state index in [1.54, 1.807) is 0 Å². The lowest BCUT2D eigenvalue weighted by atomic mass is 10.0. The van der Waals surface area contributed by atoms with Gasteiger partial charge in [-0.05, 0) is 38.3 Å². The van der Waals surface area contributed by atoms with Crippen LogP contribution in [-0.2, 0) is 0 Å². The van der Waals surface area contributed by atoms with E-state index < -0.39 is 0 Å². The van der Waals surface area contributed by atoms with E-state index in [-0.39, 0.29) is 5.91 Å². The van der Waals surface area contributed by atoms with Gasteiger partial charge in [0.25, 0.3) is 5.91 Å². The maximum atomic E-state index is 12.6. The molecule has 1 aliphatic carbocycles. The van der Waals surface area contributed by atoms with Crippen molar-refractivity contribution in [3.05, 3.63) is 35.4 Å². The Labute approximate surface area is 108 Å². The summed E-state index contributed by atoms with van der Waals surface area (Å²) in [7, 11) is 0. The predicted octanol–water partition coefficient (Wildman–Crippen LogP) is 1.96. The number of aryl methyl sites for hydroxylation is 1. The highest BCUT2D eigenvalue weighted by Gasteiger charge is 2.37. The molecular weight excluding hydrogens is 224 g/mol. The Morgan fingerprint density at radius 1 is 1.28 bits per heavy atom. The summed E-state index contributed by atoms with van der Waals surface area (Å²) < 4.78 is 0. The lowest BCUT2D eigenvalue weighted by Gasteiger charge is -2.38. The molecule has 1 heterocycles. The number of hydrogen-bond acceptors (Lipinski definition) is 2. The number of piperazine rings is 1. The van der Waals surface area contributed by atoms with E-state index in [1.165, 1.54) is 18.4 Å². The Morgan fingerprint density at radius 3 is 2.83 bits per heavy atom. The van der Waals surface area contributed by atoms with Gasteiger partial charge in [-0.1, -0.05) is 17.7 Å². The second kappa shape index (κ2) is 4.73. The molecule has 0 spiro atoms. The predicted molar refractivity (Wildman–Crippen MR) is 71.6 cm³/mol. The summed E-state index contributed by atoms with van der Waals surface area (Å²) in [5, 5.41) is 3.53. The van der Waals surface area contributed by atoms with Gasteiger partial charge in [0.05, 0.1) is 0 Å². The molecule has 0 bridgehead atoms. The summed E-state index contributed by atoms with van der Waals surface area (Å²) in [6, 6.07) is 8.86. The molecule has 3 rings (SSSR count). The van der Waals surface area contributed by atoms with E-state index in [1.807, 2.05) is 31.2 Å². The minimum absolute atomic E-state index is 0.202. The zero-order valence-electron chi connectivity index (χ0n) is 10.9. The number of nitrogens with one attached hydrogen (secondary N) is 1. The van der Waals surface area contributed by atoms with E-state index in [0.29, 0.717) is 12.1 Å². The van der Waals surface area contributed by atoms with Crippen LogP contribution in [0, 0.1) is 6.92 Å². The molecule has 1 aromatic carbocycles. The first-order chi connectivity index (χ1) is 8.75.